The van der Waals surface area contributed by atoms with Gasteiger partial charge >= 0.3 is 5.97 Å². The minimum atomic E-state index is -1.33. The van der Waals surface area contributed by atoms with Gasteiger partial charge in [-0.25, -0.2) is 14.2 Å². The van der Waals surface area contributed by atoms with Crippen molar-refractivity contribution in [1.29, 1.82) is 0 Å². The summed E-state index contributed by atoms with van der Waals surface area (Å²) in [5.74, 6) is -2.10. The molecule has 1 fully saturated rings. The lowest BCUT2D eigenvalue weighted by molar-refractivity contribution is 0.0685. The van der Waals surface area contributed by atoms with Gasteiger partial charge in [-0.2, -0.15) is 0 Å². The molecule has 0 aliphatic carbocycles. The number of nitrogens with one attached hydrogen (secondary N) is 1. The van der Waals surface area contributed by atoms with E-state index in [2.05, 4.69) is 10.3 Å². The maximum atomic E-state index is 13.3. The van der Waals surface area contributed by atoms with Crippen molar-refractivity contribution >= 4 is 5.97 Å². The maximum Gasteiger partial charge on any atom is 0.357 e. The molecule has 1 aliphatic rings. The second-order valence-electron chi connectivity index (χ2n) is 3.55. The Labute approximate surface area is 86.1 Å². The molecule has 1 aromatic heterocycles. The van der Waals surface area contributed by atoms with Crippen LogP contribution in [-0.2, 0) is 0 Å². The van der Waals surface area contributed by atoms with Crippen LogP contribution in [0.3, 0.4) is 0 Å². The molecule has 0 radical (unpaired) electrons. The number of carbonyl (C=O) groups is 1. The second kappa shape index (κ2) is 3.94. The summed E-state index contributed by atoms with van der Waals surface area (Å²) in [6, 6.07) is 1.36. The van der Waals surface area contributed by atoms with Gasteiger partial charge in [0.05, 0.1) is 0 Å². The van der Waals surface area contributed by atoms with Crippen LogP contribution in [0.25, 0.3) is 0 Å². The van der Waals surface area contributed by atoms with Crippen LogP contribution in [-0.4, -0.2) is 22.6 Å². The summed E-state index contributed by atoms with van der Waals surface area (Å²) >= 11 is 0. The standard InChI is InChI=1S/C10H11FN2O2/c11-7-4-6(8-2-1-3-12-8)5-13-9(7)10(14)15/h4-5,8,12H,1-3H2,(H,14,15)/t8-/m0/s1. The average molecular weight is 210 g/mol. The molecule has 1 aromatic rings. The fourth-order valence-electron chi connectivity index (χ4n) is 1.77. The van der Waals surface area contributed by atoms with Gasteiger partial charge in [0, 0.05) is 12.2 Å². The first-order chi connectivity index (χ1) is 7.18. The SMILES string of the molecule is O=C(O)c1ncc([C@@H]2CCCN2)cc1F. The molecule has 2 rings (SSSR count). The highest BCUT2D eigenvalue weighted by molar-refractivity contribution is 5.85. The number of pyridine rings is 1. The molecule has 0 amide bonds. The Morgan fingerprint density at radius 1 is 1.67 bits per heavy atom. The zero-order chi connectivity index (χ0) is 10.8. The van der Waals surface area contributed by atoms with E-state index in [-0.39, 0.29) is 6.04 Å². The van der Waals surface area contributed by atoms with Gasteiger partial charge in [0.1, 0.15) is 0 Å². The highest BCUT2D eigenvalue weighted by Crippen LogP contribution is 2.23. The average Bonchev–Trinajstić information content (AvgIpc) is 2.69. The van der Waals surface area contributed by atoms with Crippen LogP contribution < -0.4 is 5.32 Å². The number of carboxylic acid groups (broad SMARTS) is 1. The van der Waals surface area contributed by atoms with E-state index in [4.69, 9.17) is 5.11 Å². The molecular weight excluding hydrogens is 199 g/mol. The Bertz CT molecular complexity index is 389. The van der Waals surface area contributed by atoms with E-state index < -0.39 is 17.5 Å². The number of nitrogens with zero attached hydrogens (tertiary/aromatic N) is 1. The number of hydrogen-bond donors (Lipinski definition) is 2. The molecule has 5 heteroatoms. The van der Waals surface area contributed by atoms with Gasteiger partial charge in [-0.05, 0) is 31.0 Å². The lowest BCUT2D eigenvalue weighted by atomic mass is 10.1. The highest BCUT2D eigenvalue weighted by atomic mass is 19.1. The summed E-state index contributed by atoms with van der Waals surface area (Å²) < 4.78 is 13.3. The Morgan fingerprint density at radius 2 is 2.47 bits per heavy atom. The zero-order valence-corrected chi connectivity index (χ0v) is 8.03. The van der Waals surface area contributed by atoms with Gasteiger partial charge in [0.2, 0.25) is 0 Å². The van der Waals surface area contributed by atoms with Crippen molar-refractivity contribution in [3.63, 3.8) is 0 Å². The predicted octanol–water partition coefficient (Wildman–Crippen LogP) is 1.34. The van der Waals surface area contributed by atoms with Crippen LogP contribution in [0.2, 0.25) is 0 Å². The largest absolute Gasteiger partial charge is 0.476 e. The molecule has 0 unspecified atom stereocenters. The van der Waals surface area contributed by atoms with Crippen LogP contribution in [0.4, 0.5) is 4.39 Å². The van der Waals surface area contributed by atoms with Crippen molar-refractivity contribution in [2.24, 2.45) is 0 Å². The van der Waals surface area contributed by atoms with Gasteiger partial charge in [-0.15, -0.1) is 0 Å². The Kier molecular flexibility index (Phi) is 2.64. The second-order valence-corrected chi connectivity index (χ2v) is 3.55. The molecule has 15 heavy (non-hydrogen) atoms. The number of hydrogen-bond acceptors (Lipinski definition) is 3. The molecule has 0 aromatic carbocycles. The van der Waals surface area contributed by atoms with E-state index in [1.54, 1.807) is 0 Å². The topological polar surface area (TPSA) is 62.2 Å². The quantitative estimate of drug-likeness (QED) is 0.773. The zero-order valence-electron chi connectivity index (χ0n) is 8.03. The number of halogens is 1. The number of carboxylic acids is 1. The summed E-state index contributed by atoms with van der Waals surface area (Å²) in [5, 5.41) is 11.8. The summed E-state index contributed by atoms with van der Waals surface area (Å²) in [4.78, 5) is 14.1. The maximum absolute atomic E-state index is 13.3. The van der Waals surface area contributed by atoms with E-state index >= 15 is 0 Å². The van der Waals surface area contributed by atoms with Gasteiger partial charge in [0.15, 0.2) is 11.5 Å². The summed E-state index contributed by atoms with van der Waals surface area (Å²) in [7, 11) is 0. The molecule has 4 nitrogen and oxygen atoms in total. The normalized spacial score (nSPS) is 20.5. The smallest absolute Gasteiger partial charge is 0.357 e. The summed E-state index contributed by atoms with van der Waals surface area (Å²) in [5.41, 5.74) is 0.201. The minimum Gasteiger partial charge on any atom is -0.476 e. The van der Waals surface area contributed by atoms with Crippen LogP contribution in [0, 0.1) is 5.82 Å². The molecule has 0 saturated carbocycles. The minimum absolute atomic E-state index is 0.106. The third-order valence-corrected chi connectivity index (χ3v) is 2.53. The first-order valence-corrected chi connectivity index (χ1v) is 4.80. The molecule has 0 spiro atoms. The summed E-state index contributed by atoms with van der Waals surface area (Å²) in [6.07, 6.45) is 3.41. The molecular formula is C10H11FN2O2. The Hall–Kier alpha value is -1.49. The third-order valence-electron chi connectivity index (χ3n) is 2.53. The molecule has 2 heterocycles. The lowest BCUT2D eigenvalue weighted by Crippen LogP contribution is -2.14. The van der Waals surface area contributed by atoms with E-state index in [1.165, 1.54) is 12.3 Å². The molecule has 1 saturated heterocycles. The van der Waals surface area contributed by atoms with Gasteiger partial charge in [-0.3, -0.25) is 0 Å². The lowest BCUT2D eigenvalue weighted by Gasteiger charge is -2.10. The first-order valence-electron chi connectivity index (χ1n) is 4.80. The molecule has 80 valence electrons. The van der Waals surface area contributed by atoms with Crippen molar-refractivity contribution < 1.29 is 14.3 Å². The van der Waals surface area contributed by atoms with Crippen LogP contribution in [0.1, 0.15) is 34.9 Å². The van der Waals surface area contributed by atoms with Crippen molar-refractivity contribution in [1.82, 2.24) is 10.3 Å². The van der Waals surface area contributed by atoms with E-state index in [0.29, 0.717) is 0 Å². The van der Waals surface area contributed by atoms with Crippen LogP contribution in [0.5, 0.6) is 0 Å². The van der Waals surface area contributed by atoms with E-state index in [1.807, 2.05) is 0 Å². The van der Waals surface area contributed by atoms with Gasteiger partial charge < -0.3 is 10.4 Å². The van der Waals surface area contributed by atoms with Crippen LogP contribution >= 0.6 is 0 Å². The van der Waals surface area contributed by atoms with Crippen LogP contribution in [0.15, 0.2) is 12.3 Å². The monoisotopic (exact) mass is 210 g/mol. The van der Waals surface area contributed by atoms with Crippen molar-refractivity contribution in [3.05, 3.63) is 29.3 Å². The van der Waals surface area contributed by atoms with E-state index in [9.17, 15) is 9.18 Å². The Morgan fingerprint density at radius 3 is 3.00 bits per heavy atom. The third kappa shape index (κ3) is 1.97. The van der Waals surface area contributed by atoms with Crippen molar-refractivity contribution in [2.75, 3.05) is 6.54 Å². The van der Waals surface area contributed by atoms with E-state index in [0.717, 1.165) is 24.9 Å². The van der Waals surface area contributed by atoms with Gasteiger partial charge in [0.25, 0.3) is 0 Å². The summed E-state index contributed by atoms with van der Waals surface area (Å²) in [6.45, 7) is 0.910. The fourth-order valence-corrected chi connectivity index (χ4v) is 1.77. The fraction of sp³-hybridized carbons (Fsp3) is 0.400. The first kappa shape index (κ1) is 10.0. The molecule has 0 bridgehead atoms. The molecule has 1 atom stereocenters. The highest BCUT2D eigenvalue weighted by Gasteiger charge is 2.19. The van der Waals surface area contributed by atoms with Crippen molar-refractivity contribution in [2.45, 2.75) is 18.9 Å². The van der Waals surface area contributed by atoms with Crippen molar-refractivity contribution in [3.8, 4) is 0 Å². The number of aromatic carboxylic acids is 1. The molecule has 2 N–H and O–H groups in total. The van der Waals surface area contributed by atoms with Gasteiger partial charge in [-0.1, -0.05) is 0 Å². The number of aromatic nitrogens is 1. The molecule has 1 aliphatic heterocycles. The predicted molar refractivity (Wildman–Crippen MR) is 51.1 cm³/mol. The Balaban J connectivity index is 2.28. The number of rotatable bonds is 2.